The molecule has 3 aromatic rings. The first-order valence-electron chi connectivity index (χ1n) is 9.80. The predicted molar refractivity (Wildman–Crippen MR) is 111 cm³/mol. The molecule has 3 rings (SSSR count). The Morgan fingerprint density at radius 1 is 0.933 bits per heavy atom. The van der Waals surface area contributed by atoms with Gasteiger partial charge in [0.05, 0.1) is 25.5 Å². The fourth-order valence-corrected chi connectivity index (χ4v) is 3.27. The Bertz CT molecular complexity index is 999. The minimum absolute atomic E-state index is 0.0240. The number of esters is 2. The molecule has 1 aromatic heterocycles. The van der Waals surface area contributed by atoms with Crippen molar-refractivity contribution in [1.29, 1.82) is 0 Å². The molecule has 0 aliphatic rings. The highest BCUT2D eigenvalue weighted by atomic mass is 16.5. The molecule has 1 heterocycles. The van der Waals surface area contributed by atoms with Crippen LogP contribution in [0.2, 0.25) is 0 Å². The monoisotopic (exact) mass is 408 g/mol. The van der Waals surface area contributed by atoms with E-state index in [1.807, 2.05) is 60.7 Å². The lowest BCUT2D eigenvalue weighted by atomic mass is 10.0. The van der Waals surface area contributed by atoms with Gasteiger partial charge in [0.15, 0.2) is 5.69 Å². The Kier molecular flexibility index (Phi) is 6.98. The Balaban J connectivity index is 2.31. The lowest BCUT2D eigenvalue weighted by Gasteiger charge is -2.19. The summed E-state index contributed by atoms with van der Waals surface area (Å²) in [5.41, 5.74) is 1.72. The summed E-state index contributed by atoms with van der Waals surface area (Å²) in [5.74, 6) is -1.39. The Morgan fingerprint density at radius 2 is 1.50 bits per heavy atom. The molecule has 156 valence electrons. The van der Waals surface area contributed by atoms with Crippen molar-refractivity contribution in [3.8, 4) is 11.3 Å². The molecule has 0 spiro atoms. The van der Waals surface area contributed by atoms with E-state index in [9.17, 15) is 14.7 Å². The highest BCUT2D eigenvalue weighted by molar-refractivity contribution is 6.06. The van der Waals surface area contributed by atoms with Crippen LogP contribution >= 0.6 is 0 Å². The average Bonchev–Trinajstić information content (AvgIpc) is 3.16. The summed E-state index contributed by atoms with van der Waals surface area (Å²) in [4.78, 5) is 25.5. The van der Waals surface area contributed by atoms with E-state index in [2.05, 4.69) is 5.10 Å². The summed E-state index contributed by atoms with van der Waals surface area (Å²) < 4.78 is 11.9. The summed E-state index contributed by atoms with van der Waals surface area (Å²) in [7, 11) is 0. The number of hydrogen-bond acceptors (Lipinski definition) is 6. The van der Waals surface area contributed by atoms with Crippen molar-refractivity contribution in [2.75, 3.05) is 19.8 Å². The van der Waals surface area contributed by atoms with Gasteiger partial charge in [-0.2, -0.15) is 5.10 Å². The van der Waals surface area contributed by atoms with Crippen molar-refractivity contribution in [3.05, 3.63) is 77.5 Å². The van der Waals surface area contributed by atoms with Crippen LogP contribution in [0.1, 0.15) is 46.3 Å². The molecule has 7 nitrogen and oxygen atoms in total. The van der Waals surface area contributed by atoms with Crippen molar-refractivity contribution in [3.63, 3.8) is 0 Å². The van der Waals surface area contributed by atoms with E-state index in [1.165, 1.54) is 4.68 Å². The Morgan fingerprint density at radius 3 is 2.07 bits per heavy atom. The largest absolute Gasteiger partial charge is 0.462 e. The highest BCUT2D eigenvalue weighted by Crippen LogP contribution is 2.32. The topological polar surface area (TPSA) is 90.6 Å². The Labute approximate surface area is 174 Å². The Hall–Kier alpha value is -3.45. The van der Waals surface area contributed by atoms with Crippen LogP contribution in [0.3, 0.4) is 0 Å². The fraction of sp³-hybridized carbons (Fsp3) is 0.261. The van der Waals surface area contributed by atoms with Crippen LogP contribution < -0.4 is 0 Å². The molecular formula is C23H24N2O5. The number of aliphatic hydroxyl groups is 1. The first kappa shape index (κ1) is 21.3. The number of aliphatic hydroxyl groups excluding tert-OH is 1. The molecule has 0 aliphatic carbocycles. The van der Waals surface area contributed by atoms with Crippen molar-refractivity contribution in [2.24, 2.45) is 0 Å². The smallest absolute Gasteiger partial charge is 0.359 e. The number of ether oxygens (including phenoxy) is 2. The normalized spacial score (nSPS) is 11.7. The van der Waals surface area contributed by atoms with Gasteiger partial charge in [0.1, 0.15) is 11.6 Å². The summed E-state index contributed by atoms with van der Waals surface area (Å²) in [6.07, 6.45) is 0. The highest BCUT2D eigenvalue weighted by Gasteiger charge is 2.33. The van der Waals surface area contributed by atoms with E-state index in [-0.39, 0.29) is 31.1 Å². The van der Waals surface area contributed by atoms with E-state index in [1.54, 1.807) is 13.8 Å². The van der Waals surface area contributed by atoms with Crippen LogP contribution in [0.4, 0.5) is 0 Å². The molecule has 0 saturated heterocycles. The number of benzene rings is 2. The molecule has 0 aliphatic heterocycles. The van der Waals surface area contributed by atoms with E-state index < -0.39 is 18.0 Å². The van der Waals surface area contributed by atoms with Gasteiger partial charge in [0.2, 0.25) is 0 Å². The van der Waals surface area contributed by atoms with Gasteiger partial charge in [-0.05, 0) is 19.4 Å². The zero-order valence-corrected chi connectivity index (χ0v) is 16.9. The quantitative estimate of drug-likeness (QED) is 0.574. The van der Waals surface area contributed by atoms with E-state index in [0.29, 0.717) is 11.3 Å². The van der Waals surface area contributed by atoms with E-state index in [4.69, 9.17) is 9.47 Å². The fourth-order valence-electron chi connectivity index (χ4n) is 3.27. The zero-order valence-electron chi connectivity index (χ0n) is 16.9. The van der Waals surface area contributed by atoms with Crippen LogP contribution in [0.15, 0.2) is 60.7 Å². The van der Waals surface area contributed by atoms with Gasteiger partial charge in [0.25, 0.3) is 0 Å². The maximum Gasteiger partial charge on any atom is 0.359 e. The van der Waals surface area contributed by atoms with Gasteiger partial charge in [0, 0.05) is 5.56 Å². The molecule has 2 aromatic carbocycles. The van der Waals surface area contributed by atoms with E-state index >= 15 is 0 Å². The second-order valence-corrected chi connectivity index (χ2v) is 6.43. The molecule has 7 heteroatoms. The lowest BCUT2D eigenvalue weighted by molar-refractivity contribution is 0.0475. The van der Waals surface area contributed by atoms with Gasteiger partial charge >= 0.3 is 11.9 Å². The van der Waals surface area contributed by atoms with Crippen LogP contribution in [-0.2, 0) is 9.47 Å². The maximum atomic E-state index is 12.9. The van der Waals surface area contributed by atoms with Crippen molar-refractivity contribution in [2.45, 2.75) is 19.9 Å². The minimum Gasteiger partial charge on any atom is -0.462 e. The first-order valence-corrected chi connectivity index (χ1v) is 9.80. The van der Waals surface area contributed by atoms with Crippen LogP contribution in [0.5, 0.6) is 0 Å². The van der Waals surface area contributed by atoms with Crippen molar-refractivity contribution in [1.82, 2.24) is 9.78 Å². The van der Waals surface area contributed by atoms with E-state index in [0.717, 1.165) is 5.56 Å². The maximum absolute atomic E-state index is 12.9. The summed E-state index contributed by atoms with van der Waals surface area (Å²) in [6.45, 7) is 3.36. The van der Waals surface area contributed by atoms with Crippen LogP contribution in [-0.4, -0.2) is 46.6 Å². The average molecular weight is 408 g/mol. The van der Waals surface area contributed by atoms with Gasteiger partial charge in [-0.1, -0.05) is 60.7 Å². The molecular weight excluding hydrogens is 384 g/mol. The number of aromatic nitrogens is 2. The molecule has 0 fully saturated rings. The SMILES string of the molecule is CCOC(=O)c1nn([C@@H](CO)c2ccccc2)c(-c2ccccc2)c1C(=O)OCC. The van der Waals surface area contributed by atoms with Gasteiger partial charge in [-0.15, -0.1) is 0 Å². The number of carbonyl (C=O) groups excluding carboxylic acids is 2. The third-order valence-corrected chi connectivity index (χ3v) is 4.56. The van der Waals surface area contributed by atoms with Crippen molar-refractivity contribution >= 4 is 11.9 Å². The van der Waals surface area contributed by atoms with Crippen molar-refractivity contribution < 1.29 is 24.2 Å². The molecule has 1 atom stereocenters. The number of nitrogens with zero attached hydrogens (tertiary/aromatic N) is 2. The lowest BCUT2D eigenvalue weighted by Crippen LogP contribution is -2.18. The van der Waals surface area contributed by atoms with Gasteiger partial charge in [-0.3, -0.25) is 4.68 Å². The van der Waals surface area contributed by atoms with Crippen LogP contribution in [0.25, 0.3) is 11.3 Å². The van der Waals surface area contributed by atoms with Gasteiger partial charge < -0.3 is 14.6 Å². The molecule has 30 heavy (non-hydrogen) atoms. The molecule has 0 saturated carbocycles. The third-order valence-electron chi connectivity index (χ3n) is 4.56. The second-order valence-electron chi connectivity index (χ2n) is 6.43. The molecule has 0 radical (unpaired) electrons. The number of carbonyl (C=O) groups is 2. The number of rotatable bonds is 8. The van der Waals surface area contributed by atoms with Gasteiger partial charge in [-0.25, -0.2) is 9.59 Å². The summed E-state index contributed by atoms with van der Waals surface area (Å²) >= 11 is 0. The molecule has 1 N–H and O–H groups in total. The predicted octanol–water partition coefficient (Wildman–Crippen LogP) is 3.49. The summed E-state index contributed by atoms with van der Waals surface area (Å²) in [5, 5.41) is 14.6. The zero-order chi connectivity index (χ0) is 21.5. The molecule has 0 amide bonds. The minimum atomic E-state index is -0.721. The van der Waals surface area contributed by atoms with Crippen LogP contribution in [0, 0.1) is 0 Å². The summed E-state index contributed by atoms with van der Waals surface area (Å²) in [6, 6.07) is 17.8. The third kappa shape index (κ3) is 4.26. The molecule has 0 bridgehead atoms. The first-order chi connectivity index (χ1) is 14.6. The standard InChI is InChI=1S/C23H24N2O5/c1-3-29-22(27)19-20(23(28)30-4-2)24-25(21(19)17-13-9-6-10-14-17)18(15-26)16-11-7-5-8-12-16/h5-14,18,26H,3-4,15H2,1-2H3/t18-/m0/s1. The molecule has 0 unspecified atom stereocenters. The number of hydrogen-bond donors (Lipinski definition) is 1. The second kappa shape index (κ2) is 9.84.